The van der Waals surface area contributed by atoms with Gasteiger partial charge in [0.05, 0.1) is 19.8 Å². The van der Waals surface area contributed by atoms with Gasteiger partial charge < -0.3 is 19.1 Å². The maximum Gasteiger partial charge on any atom is 0.435 e. The van der Waals surface area contributed by atoms with Crippen LogP contribution in [0, 0.1) is 5.92 Å². The smallest absolute Gasteiger partial charge is 0.435 e. The molecule has 1 saturated heterocycles. The molecule has 1 heterocycles. The normalized spacial score (nSPS) is 17.1. The van der Waals surface area contributed by atoms with Crippen LogP contribution >= 0.6 is 0 Å². The number of nitrogens with zero attached hydrogens (tertiary/aromatic N) is 2. The van der Waals surface area contributed by atoms with E-state index in [9.17, 15) is 4.79 Å². The van der Waals surface area contributed by atoms with E-state index < -0.39 is 6.09 Å². The number of hydrogen-bond donors (Lipinski definition) is 0. The van der Waals surface area contributed by atoms with Gasteiger partial charge in [0.25, 0.3) is 0 Å². The minimum Gasteiger partial charge on any atom is -0.445 e. The molecule has 0 saturated carbocycles. The molecular weight excluding hydrogens is 236 g/mol. The van der Waals surface area contributed by atoms with E-state index in [0.29, 0.717) is 19.8 Å². The van der Waals surface area contributed by atoms with Crippen molar-refractivity contribution in [3.63, 3.8) is 0 Å². The second kappa shape index (κ2) is 8.05. The molecule has 0 aliphatic carbocycles. The van der Waals surface area contributed by atoms with Gasteiger partial charge >= 0.3 is 6.09 Å². The third kappa shape index (κ3) is 5.01. The molecule has 0 aromatic carbocycles. The lowest BCUT2D eigenvalue weighted by atomic mass is 10.1. The first kappa shape index (κ1) is 14.9. The van der Waals surface area contributed by atoms with E-state index >= 15 is 0 Å². The van der Waals surface area contributed by atoms with Gasteiger partial charge in [0.2, 0.25) is 0 Å². The summed E-state index contributed by atoms with van der Waals surface area (Å²) in [6, 6.07) is 0. The Morgan fingerprint density at radius 2 is 2.00 bits per heavy atom. The molecule has 0 aromatic rings. The van der Waals surface area contributed by atoms with Crippen molar-refractivity contribution in [1.29, 1.82) is 0 Å². The number of rotatable bonds is 4. The Labute approximate surface area is 108 Å². The number of amides is 1. The van der Waals surface area contributed by atoms with Crippen LogP contribution in [0.25, 0.3) is 0 Å². The lowest BCUT2D eigenvalue weighted by Crippen LogP contribution is -2.43. The predicted octanol–water partition coefficient (Wildman–Crippen LogP) is 1.16. The fourth-order valence-corrected chi connectivity index (χ4v) is 1.70. The van der Waals surface area contributed by atoms with Crippen molar-refractivity contribution < 1.29 is 19.0 Å². The highest BCUT2D eigenvalue weighted by molar-refractivity contribution is 5.93. The highest BCUT2D eigenvalue weighted by Crippen LogP contribution is 2.08. The molecule has 0 aromatic heterocycles. The van der Waals surface area contributed by atoms with E-state index in [1.54, 1.807) is 7.11 Å². The van der Waals surface area contributed by atoms with Crippen molar-refractivity contribution in [2.75, 3.05) is 46.6 Å². The maximum absolute atomic E-state index is 11.6. The quantitative estimate of drug-likeness (QED) is 0.430. The first-order valence-corrected chi connectivity index (χ1v) is 6.22. The third-order valence-electron chi connectivity index (χ3n) is 2.57. The molecule has 0 unspecified atom stereocenters. The topological polar surface area (TPSA) is 60.4 Å². The van der Waals surface area contributed by atoms with Crippen molar-refractivity contribution in [2.24, 2.45) is 10.9 Å². The lowest BCUT2D eigenvalue weighted by Gasteiger charge is -2.31. The van der Waals surface area contributed by atoms with Crippen LogP contribution in [0.2, 0.25) is 0 Å². The Balaban J connectivity index is 2.56. The van der Waals surface area contributed by atoms with Crippen LogP contribution in [0.3, 0.4) is 0 Å². The van der Waals surface area contributed by atoms with Crippen LogP contribution in [0.15, 0.2) is 4.99 Å². The number of ether oxygens (including phenoxy) is 3. The molecular formula is C12H22N2O4. The van der Waals surface area contributed by atoms with E-state index in [2.05, 4.69) is 9.89 Å². The number of aliphatic imine (C=N–C) groups is 1. The van der Waals surface area contributed by atoms with Crippen LogP contribution in [0.1, 0.15) is 13.8 Å². The number of carbonyl (C=O) groups is 1. The molecule has 1 aliphatic heterocycles. The fraction of sp³-hybridized carbons (Fsp3) is 0.833. The number of morpholine rings is 1. The summed E-state index contributed by atoms with van der Waals surface area (Å²) in [5, 5.41) is 0. The molecule has 0 radical (unpaired) electrons. The molecule has 1 rings (SSSR count). The van der Waals surface area contributed by atoms with Crippen molar-refractivity contribution in [3.8, 4) is 0 Å². The second-order valence-electron chi connectivity index (χ2n) is 4.33. The zero-order valence-corrected chi connectivity index (χ0v) is 11.3. The molecule has 6 heteroatoms. The van der Waals surface area contributed by atoms with Gasteiger partial charge in [0, 0.05) is 26.1 Å². The second-order valence-corrected chi connectivity index (χ2v) is 4.33. The SMILES string of the molecule is COCCOC(=O)N=C(C(C)C)N1CCOCC1. The summed E-state index contributed by atoms with van der Waals surface area (Å²) in [6.07, 6.45) is -0.553. The third-order valence-corrected chi connectivity index (χ3v) is 2.57. The molecule has 0 N–H and O–H groups in total. The molecule has 18 heavy (non-hydrogen) atoms. The zero-order chi connectivity index (χ0) is 13.4. The highest BCUT2D eigenvalue weighted by Gasteiger charge is 2.19. The summed E-state index contributed by atoms with van der Waals surface area (Å²) < 4.78 is 15.0. The lowest BCUT2D eigenvalue weighted by molar-refractivity contribution is 0.0657. The Hall–Kier alpha value is -1.14. The number of carbonyl (C=O) groups excluding carboxylic acids is 1. The average molecular weight is 258 g/mol. The summed E-state index contributed by atoms with van der Waals surface area (Å²) in [5.74, 6) is 0.943. The summed E-state index contributed by atoms with van der Waals surface area (Å²) in [5.41, 5.74) is 0. The van der Waals surface area contributed by atoms with Crippen LogP contribution in [0.5, 0.6) is 0 Å². The summed E-state index contributed by atoms with van der Waals surface area (Å²) >= 11 is 0. The highest BCUT2D eigenvalue weighted by atomic mass is 16.6. The minimum atomic E-state index is -0.553. The van der Waals surface area contributed by atoms with Crippen LogP contribution in [0.4, 0.5) is 4.79 Å². The Bertz CT molecular complexity index is 286. The Morgan fingerprint density at radius 3 is 2.56 bits per heavy atom. The van der Waals surface area contributed by atoms with Crippen LogP contribution < -0.4 is 0 Å². The van der Waals surface area contributed by atoms with Gasteiger partial charge in [-0.1, -0.05) is 13.8 Å². The van der Waals surface area contributed by atoms with Gasteiger partial charge in [-0.25, -0.2) is 4.79 Å². The minimum absolute atomic E-state index is 0.179. The van der Waals surface area contributed by atoms with Gasteiger partial charge in [-0.15, -0.1) is 0 Å². The number of hydrogen-bond acceptors (Lipinski definition) is 4. The van der Waals surface area contributed by atoms with E-state index in [0.717, 1.165) is 18.9 Å². The number of methoxy groups -OCH3 is 1. The molecule has 0 bridgehead atoms. The van der Waals surface area contributed by atoms with Crippen molar-refractivity contribution in [1.82, 2.24) is 4.90 Å². The molecule has 0 atom stereocenters. The standard InChI is InChI=1S/C12H22N2O4/c1-10(2)11(14-4-6-17-7-5-14)13-12(15)18-9-8-16-3/h10H,4-9H2,1-3H3. The van der Waals surface area contributed by atoms with E-state index in [-0.39, 0.29) is 12.5 Å². The maximum atomic E-state index is 11.6. The van der Waals surface area contributed by atoms with Crippen molar-refractivity contribution in [2.45, 2.75) is 13.8 Å². The fourth-order valence-electron chi connectivity index (χ4n) is 1.70. The van der Waals surface area contributed by atoms with Crippen LogP contribution in [-0.4, -0.2) is 63.5 Å². The zero-order valence-electron chi connectivity index (χ0n) is 11.3. The molecule has 104 valence electrons. The van der Waals surface area contributed by atoms with Gasteiger partial charge in [-0.3, -0.25) is 0 Å². The van der Waals surface area contributed by atoms with Crippen molar-refractivity contribution >= 4 is 11.9 Å². The van der Waals surface area contributed by atoms with E-state index in [1.165, 1.54) is 0 Å². The molecule has 6 nitrogen and oxygen atoms in total. The summed E-state index contributed by atoms with van der Waals surface area (Å²) in [4.78, 5) is 17.7. The molecule has 1 aliphatic rings. The molecule has 0 spiro atoms. The first-order chi connectivity index (χ1) is 8.65. The predicted molar refractivity (Wildman–Crippen MR) is 67.9 cm³/mol. The summed E-state index contributed by atoms with van der Waals surface area (Å²) in [7, 11) is 1.56. The van der Waals surface area contributed by atoms with Gasteiger partial charge in [0.1, 0.15) is 12.4 Å². The molecule has 1 fully saturated rings. The van der Waals surface area contributed by atoms with Crippen molar-refractivity contribution in [3.05, 3.63) is 0 Å². The van der Waals surface area contributed by atoms with E-state index in [4.69, 9.17) is 14.2 Å². The van der Waals surface area contributed by atoms with E-state index in [1.807, 2.05) is 13.8 Å². The van der Waals surface area contributed by atoms with Gasteiger partial charge in [-0.2, -0.15) is 4.99 Å². The summed E-state index contributed by atoms with van der Waals surface area (Å²) in [6.45, 7) is 7.51. The molecule has 1 amide bonds. The average Bonchev–Trinajstić information content (AvgIpc) is 2.37. The monoisotopic (exact) mass is 258 g/mol. The van der Waals surface area contributed by atoms with Crippen LogP contribution in [-0.2, 0) is 14.2 Å². The first-order valence-electron chi connectivity index (χ1n) is 6.22. The van der Waals surface area contributed by atoms with Gasteiger partial charge in [-0.05, 0) is 0 Å². The number of amidine groups is 1. The largest absolute Gasteiger partial charge is 0.445 e. The Kier molecular flexibility index (Phi) is 6.67. The van der Waals surface area contributed by atoms with Gasteiger partial charge in [0.15, 0.2) is 0 Å². The Morgan fingerprint density at radius 1 is 1.33 bits per heavy atom.